The SMILES string of the molecule is CCC(C)c1ccc(C)cc1.CCCCC(CC)COc1ccc(C)cc1.CCCCCCCCCCc1cccc(C)c1.CCCCCCCCCc1ccc(C)cc1.CCCCCCc1ccc(C)cc1.CCc1ccc(Oc2cccc(C)c2)cc1.Cc1cc(C)cc(C)c1.Cc1ccc(-c2ccccc2)cc1.Cc1ccc(C)c(C)c1.Cc1ccc(C)cc1.Cc1ccc(C2CCCCC2)cc1.Cc1ccccc1. The molecule has 148 heavy (non-hydrogen) atoms. The van der Waals surface area contributed by atoms with Crippen LogP contribution in [0.1, 0.15) is 381 Å². The number of aryl methyl sites for hydroxylation is 21. The summed E-state index contributed by atoms with van der Waals surface area (Å²) in [5.74, 6) is 5.05. The summed E-state index contributed by atoms with van der Waals surface area (Å²) < 4.78 is 11.6. The van der Waals surface area contributed by atoms with Crippen LogP contribution in [0.4, 0.5) is 0 Å². The van der Waals surface area contributed by atoms with Crippen LogP contribution in [0.3, 0.4) is 0 Å². The molecule has 0 amide bonds. The molecule has 14 aromatic carbocycles. The minimum absolute atomic E-state index is 0.704. The maximum absolute atomic E-state index is 5.81. The molecule has 15 rings (SSSR count). The highest BCUT2D eigenvalue weighted by atomic mass is 16.5. The van der Waals surface area contributed by atoms with Crippen molar-refractivity contribution in [3.8, 4) is 28.4 Å². The second kappa shape index (κ2) is 81.6. The van der Waals surface area contributed by atoms with E-state index in [0.29, 0.717) is 11.8 Å². The summed E-state index contributed by atoms with van der Waals surface area (Å²) in [6.45, 7) is 54.9. The zero-order chi connectivity index (χ0) is 108. The summed E-state index contributed by atoms with van der Waals surface area (Å²) in [5, 5.41) is 0. The highest BCUT2D eigenvalue weighted by molar-refractivity contribution is 5.63. The second-order valence-corrected chi connectivity index (χ2v) is 42.1. The van der Waals surface area contributed by atoms with E-state index in [-0.39, 0.29) is 0 Å². The van der Waals surface area contributed by atoms with Crippen LogP contribution in [0.2, 0.25) is 0 Å². The van der Waals surface area contributed by atoms with E-state index >= 15 is 0 Å². The van der Waals surface area contributed by atoms with Gasteiger partial charge in [-0.2, -0.15) is 0 Å². The van der Waals surface area contributed by atoms with Crippen LogP contribution >= 0.6 is 0 Å². The van der Waals surface area contributed by atoms with Gasteiger partial charge in [0, 0.05) is 0 Å². The molecule has 2 unspecified atom stereocenters. The van der Waals surface area contributed by atoms with Gasteiger partial charge < -0.3 is 9.47 Å². The van der Waals surface area contributed by atoms with E-state index < -0.39 is 0 Å². The lowest BCUT2D eigenvalue weighted by Crippen LogP contribution is -2.11. The summed E-state index contributed by atoms with van der Waals surface area (Å²) in [6, 6.07) is 120. The molecule has 0 spiro atoms. The number of ether oxygens (including phenoxy) is 2. The molecular weight excluding hydrogens is 1790 g/mol. The Morgan fingerprint density at radius 1 is 0.236 bits per heavy atom. The zero-order valence-corrected chi connectivity index (χ0v) is 97.9. The van der Waals surface area contributed by atoms with Crippen molar-refractivity contribution in [2.45, 2.75) is 397 Å². The fraction of sp³-hybridized carbons (Fsp3) is 0.425. The van der Waals surface area contributed by atoms with Crippen molar-refractivity contribution in [3.63, 3.8) is 0 Å². The van der Waals surface area contributed by atoms with Crippen molar-refractivity contribution in [2.24, 2.45) is 5.92 Å². The molecule has 2 atom stereocenters. The first-order valence-electron chi connectivity index (χ1n) is 57.6. The highest BCUT2D eigenvalue weighted by Gasteiger charge is 2.15. The van der Waals surface area contributed by atoms with Crippen LogP contribution in [0, 0.1) is 124 Å². The summed E-state index contributed by atoms with van der Waals surface area (Å²) >= 11 is 0. The molecule has 1 aliphatic rings. The van der Waals surface area contributed by atoms with E-state index in [0.717, 1.165) is 36.2 Å². The first-order valence-corrected chi connectivity index (χ1v) is 57.6. The quantitative estimate of drug-likeness (QED) is 0.0364. The number of hydrogen-bond acceptors (Lipinski definition) is 2. The Morgan fingerprint density at radius 3 is 0.986 bits per heavy atom. The second-order valence-electron chi connectivity index (χ2n) is 42.1. The van der Waals surface area contributed by atoms with Crippen molar-refractivity contribution >= 4 is 0 Å². The van der Waals surface area contributed by atoms with Gasteiger partial charge in [-0.15, -0.1) is 0 Å². The molecule has 0 heterocycles. The minimum Gasteiger partial charge on any atom is -0.493 e. The normalized spacial score (nSPS) is 11.3. The topological polar surface area (TPSA) is 18.5 Å². The van der Waals surface area contributed by atoms with E-state index in [1.165, 1.54) is 339 Å². The third-order valence-corrected chi connectivity index (χ3v) is 27.4. The van der Waals surface area contributed by atoms with E-state index in [9.17, 15) is 0 Å². The molecule has 0 N–H and O–H groups in total. The van der Waals surface area contributed by atoms with Crippen molar-refractivity contribution < 1.29 is 9.47 Å². The molecule has 0 aromatic heterocycles. The minimum atomic E-state index is 0.704. The largest absolute Gasteiger partial charge is 0.493 e. The summed E-state index contributed by atoms with van der Waals surface area (Å²) in [6.07, 6.45) is 44.8. The Labute approximate surface area is 908 Å². The van der Waals surface area contributed by atoms with Crippen molar-refractivity contribution in [2.75, 3.05) is 6.61 Å². The van der Waals surface area contributed by atoms with E-state index in [2.05, 4.69) is 458 Å². The van der Waals surface area contributed by atoms with Gasteiger partial charge in [0.25, 0.3) is 0 Å². The smallest absolute Gasteiger partial charge is 0.127 e. The number of benzene rings is 14. The van der Waals surface area contributed by atoms with Crippen molar-refractivity contribution in [1.82, 2.24) is 0 Å². The van der Waals surface area contributed by atoms with Gasteiger partial charge in [-0.25, -0.2) is 0 Å². The molecule has 2 heteroatoms. The number of rotatable bonds is 36. The van der Waals surface area contributed by atoms with E-state index in [1.54, 1.807) is 5.56 Å². The van der Waals surface area contributed by atoms with Crippen LogP contribution < -0.4 is 9.47 Å². The van der Waals surface area contributed by atoms with Crippen LogP contribution in [-0.2, 0) is 25.7 Å². The van der Waals surface area contributed by atoms with Crippen molar-refractivity contribution in [1.29, 1.82) is 0 Å². The Kier molecular flexibility index (Phi) is 71.1. The molecule has 0 aliphatic heterocycles. The van der Waals surface area contributed by atoms with E-state index in [1.807, 2.05) is 54.6 Å². The molecule has 798 valence electrons. The molecule has 0 bridgehead atoms. The third kappa shape index (κ3) is 64.2. The molecular formula is C146H202O2. The van der Waals surface area contributed by atoms with Gasteiger partial charge in [-0.3, -0.25) is 0 Å². The third-order valence-electron chi connectivity index (χ3n) is 27.4. The lowest BCUT2D eigenvalue weighted by molar-refractivity contribution is 0.233. The van der Waals surface area contributed by atoms with Gasteiger partial charge in [0.15, 0.2) is 0 Å². The average Bonchev–Trinajstić information content (AvgIpc) is 0.863. The molecule has 2 nitrogen and oxygen atoms in total. The maximum Gasteiger partial charge on any atom is 0.127 e. The van der Waals surface area contributed by atoms with Gasteiger partial charge in [-0.05, 0) is 304 Å². The lowest BCUT2D eigenvalue weighted by atomic mass is 9.84. The Morgan fingerprint density at radius 2 is 0.581 bits per heavy atom. The molecule has 1 saturated carbocycles. The molecule has 0 radical (unpaired) electrons. The standard InChI is InChI=1S/C17H28.C16H26.C15H16O.C15H24O.C13H18.C13H12.C13H20.C11H16.2C9H12.C8H10.C7H8/c1-3-4-5-6-7-8-9-10-13-17-14-11-12-16(2)15-17;1-3-4-5-6-7-8-9-10-16-13-11-15(2)12-14-16;1-3-13-7-9-14(10-8-13)16-15-6-4-5-12(2)11-15;1-4-6-7-14(5-2)12-16-15-10-8-13(3)9-11-15;2*1-11-7-9-13(10-8-11)12-5-3-2-4-6-12;1-3-4-5-6-7-13-10-8-12(2)9-11-13;1-4-10(3)11-7-5-9(2)6-8-11;1-7-4-8(2)6-9(3)5-7;1-7-4-5-8(2)9(3)6-7;1-7-3-5-8(2)6-4-7;1-7-5-3-2-4-6-7/h11-12,14-15H,3-10,13H2,1-2H3;11-14H,3-10H2,1-2H3;4-11H,3H2,1-2H3;8-11,14H,4-7,12H2,1-3H3;7-10,12H,2-6H2,1H3;2-10H,1H3;8-11H,3-7H2,1-2H3;5-8,10H,4H2,1-3H3;2*4-6H,1-3H3;3-6H,1-2H3;2-6H,1H3. The first-order chi connectivity index (χ1) is 71.5. The molecule has 1 fully saturated rings. The highest BCUT2D eigenvalue weighted by Crippen LogP contribution is 2.33. The van der Waals surface area contributed by atoms with Crippen LogP contribution in [0.5, 0.6) is 17.2 Å². The summed E-state index contributed by atoms with van der Waals surface area (Å²) in [4.78, 5) is 0. The Balaban J connectivity index is 0.000000339. The number of hydrogen-bond donors (Lipinski definition) is 0. The zero-order valence-electron chi connectivity index (χ0n) is 97.9. The van der Waals surface area contributed by atoms with E-state index in [4.69, 9.17) is 9.47 Å². The summed E-state index contributed by atoms with van der Waals surface area (Å²) in [5.41, 5.74) is 34.2. The van der Waals surface area contributed by atoms with Gasteiger partial charge >= 0.3 is 0 Å². The number of unbranched alkanes of at least 4 members (excludes halogenated alkanes) is 17. The van der Waals surface area contributed by atoms with Crippen LogP contribution in [0.25, 0.3) is 11.1 Å². The van der Waals surface area contributed by atoms with Gasteiger partial charge in [0.1, 0.15) is 17.2 Å². The fourth-order valence-corrected chi connectivity index (χ4v) is 17.3. The van der Waals surface area contributed by atoms with Crippen LogP contribution in [-0.4, -0.2) is 6.61 Å². The lowest BCUT2D eigenvalue weighted by Gasteiger charge is -2.21. The Bertz CT molecular complexity index is 5450. The average molecular weight is 1990 g/mol. The fourth-order valence-electron chi connectivity index (χ4n) is 17.3. The van der Waals surface area contributed by atoms with Gasteiger partial charge in [0.2, 0.25) is 0 Å². The van der Waals surface area contributed by atoms with Gasteiger partial charge in [-0.1, -0.05) is 578 Å². The monoisotopic (exact) mass is 1990 g/mol. The summed E-state index contributed by atoms with van der Waals surface area (Å²) in [7, 11) is 0. The predicted octanol–water partition coefficient (Wildman–Crippen LogP) is 44.8. The predicted molar refractivity (Wildman–Crippen MR) is 658 cm³/mol. The molecule has 1 aliphatic carbocycles. The molecule has 14 aromatic rings. The maximum atomic E-state index is 5.81. The Hall–Kier alpha value is -11.3. The molecule has 0 saturated heterocycles. The van der Waals surface area contributed by atoms with Gasteiger partial charge in [0.05, 0.1) is 6.61 Å². The van der Waals surface area contributed by atoms with Crippen LogP contribution in [0.15, 0.2) is 340 Å². The van der Waals surface area contributed by atoms with Crippen molar-refractivity contribution in [3.05, 3.63) is 468 Å². The first kappa shape index (κ1) is 129.